The maximum atomic E-state index is 9.34. The molecule has 0 heterocycles. The van der Waals surface area contributed by atoms with Gasteiger partial charge in [0.2, 0.25) is 0 Å². The highest BCUT2D eigenvalue weighted by molar-refractivity contribution is 9.09. The smallest absolute Gasteiger partial charge is 0.100 e. The first-order valence-electron chi connectivity index (χ1n) is 5.46. The number of hydrogen-bond acceptors (Lipinski definition) is 1. The molecular formula is C15H12BrN. The first-order chi connectivity index (χ1) is 8.24. The van der Waals surface area contributed by atoms with E-state index in [1.165, 1.54) is 0 Å². The van der Waals surface area contributed by atoms with E-state index in [0.29, 0.717) is 0 Å². The number of benzene rings is 2. The number of nitrogens with zero attached hydrogens (tertiary/aromatic N) is 1. The monoisotopic (exact) mass is 285 g/mol. The van der Waals surface area contributed by atoms with Gasteiger partial charge in [-0.3, -0.25) is 0 Å². The van der Waals surface area contributed by atoms with Crippen LogP contribution in [0.4, 0.5) is 0 Å². The van der Waals surface area contributed by atoms with Crippen LogP contribution >= 0.6 is 15.9 Å². The van der Waals surface area contributed by atoms with Crippen LogP contribution in [-0.4, -0.2) is 0 Å². The molecule has 0 saturated carbocycles. The van der Waals surface area contributed by atoms with Gasteiger partial charge in [-0.2, -0.15) is 5.26 Å². The Morgan fingerprint density at radius 1 is 1.06 bits per heavy atom. The predicted octanol–water partition coefficient (Wildman–Crippen LogP) is 4.68. The lowest BCUT2D eigenvalue weighted by Crippen LogP contribution is -1.93. The normalized spacial score (nSPS) is 11.8. The Hall–Kier alpha value is -1.59. The molecule has 0 aliphatic rings. The molecule has 2 heteroatoms. The van der Waals surface area contributed by atoms with E-state index < -0.39 is 0 Å². The highest BCUT2D eigenvalue weighted by Gasteiger charge is 2.12. The van der Waals surface area contributed by atoms with E-state index in [0.717, 1.165) is 22.3 Å². The number of halogens is 1. The van der Waals surface area contributed by atoms with Gasteiger partial charge in [-0.15, -0.1) is 0 Å². The van der Waals surface area contributed by atoms with Crippen molar-refractivity contribution < 1.29 is 0 Å². The lowest BCUT2D eigenvalue weighted by atomic mass is 9.95. The molecule has 17 heavy (non-hydrogen) atoms. The molecule has 0 aromatic heterocycles. The maximum Gasteiger partial charge on any atom is 0.100 e. The minimum atomic E-state index is 0.181. The summed E-state index contributed by atoms with van der Waals surface area (Å²) < 4.78 is 0. The molecular weight excluding hydrogens is 274 g/mol. The van der Waals surface area contributed by atoms with Crippen molar-refractivity contribution in [3.8, 4) is 17.2 Å². The molecule has 2 aromatic rings. The van der Waals surface area contributed by atoms with E-state index in [2.05, 4.69) is 22.0 Å². The van der Waals surface area contributed by atoms with Gasteiger partial charge in [0.15, 0.2) is 0 Å². The van der Waals surface area contributed by atoms with Crippen molar-refractivity contribution in [2.45, 2.75) is 11.8 Å². The van der Waals surface area contributed by atoms with Crippen molar-refractivity contribution >= 4 is 15.9 Å². The maximum absolute atomic E-state index is 9.34. The van der Waals surface area contributed by atoms with E-state index in [1.54, 1.807) is 0 Å². The SMILES string of the molecule is CC(Br)c1cccc(-c2ccccc2)c1C#N. The minimum absolute atomic E-state index is 0.181. The van der Waals surface area contributed by atoms with Crippen molar-refractivity contribution in [2.24, 2.45) is 0 Å². The van der Waals surface area contributed by atoms with Gasteiger partial charge in [0, 0.05) is 4.83 Å². The summed E-state index contributed by atoms with van der Waals surface area (Å²) in [7, 11) is 0. The van der Waals surface area contributed by atoms with Gasteiger partial charge in [-0.05, 0) is 23.6 Å². The molecule has 2 rings (SSSR count). The van der Waals surface area contributed by atoms with E-state index in [1.807, 2.05) is 55.5 Å². The Morgan fingerprint density at radius 2 is 1.76 bits per heavy atom. The van der Waals surface area contributed by atoms with Crippen LogP contribution in [0.25, 0.3) is 11.1 Å². The molecule has 0 radical (unpaired) electrons. The van der Waals surface area contributed by atoms with Gasteiger partial charge in [0.1, 0.15) is 6.07 Å². The summed E-state index contributed by atoms with van der Waals surface area (Å²) in [6.07, 6.45) is 0. The van der Waals surface area contributed by atoms with Crippen LogP contribution in [-0.2, 0) is 0 Å². The second kappa shape index (κ2) is 5.16. The first kappa shape index (κ1) is 11.9. The zero-order valence-electron chi connectivity index (χ0n) is 9.52. The topological polar surface area (TPSA) is 23.8 Å². The average molecular weight is 286 g/mol. The second-order valence-electron chi connectivity index (χ2n) is 3.86. The molecule has 0 bridgehead atoms. The molecule has 2 aromatic carbocycles. The molecule has 1 unspecified atom stereocenters. The quantitative estimate of drug-likeness (QED) is 0.735. The summed E-state index contributed by atoms with van der Waals surface area (Å²) in [5.74, 6) is 0. The van der Waals surface area contributed by atoms with Crippen molar-refractivity contribution in [3.63, 3.8) is 0 Å². The Kier molecular flexibility index (Phi) is 3.61. The molecule has 0 amide bonds. The summed E-state index contributed by atoms with van der Waals surface area (Å²) in [4.78, 5) is 0.181. The third-order valence-corrected chi connectivity index (χ3v) is 3.22. The summed E-state index contributed by atoms with van der Waals surface area (Å²) >= 11 is 3.53. The zero-order valence-corrected chi connectivity index (χ0v) is 11.1. The van der Waals surface area contributed by atoms with Gasteiger partial charge in [-0.1, -0.05) is 64.5 Å². The molecule has 0 N–H and O–H groups in total. The molecule has 1 nitrogen and oxygen atoms in total. The minimum Gasteiger partial charge on any atom is -0.192 e. The van der Waals surface area contributed by atoms with E-state index in [9.17, 15) is 5.26 Å². The third kappa shape index (κ3) is 2.40. The van der Waals surface area contributed by atoms with Crippen molar-refractivity contribution in [1.82, 2.24) is 0 Å². The highest BCUT2D eigenvalue weighted by atomic mass is 79.9. The average Bonchev–Trinajstić information content (AvgIpc) is 2.38. The van der Waals surface area contributed by atoms with Crippen LogP contribution in [0.2, 0.25) is 0 Å². The third-order valence-electron chi connectivity index (χ3n) is 2.72. The lowest BCUT2D eigenvalue weighted by Gasteiger charge is -2.11. The second-order valence-corrected chi connectivity index (χ2v) is 5.24. The fourth-order valence-corrected chi connectivity index (χ4v) is 2.27. The van der Waals surface area contributed by atoms with Gasteiger partial charge in [-0.25, -0.2) is 0 Å². The summed E-state index contributed by atoms with van der Waals surface area (Å²) in [5, 5.41) is 9.34. The fourth-order valence-electron chi connectivity index (χ4n) is 1.88. The zero-order chi connectivity index (χ0) is 12.3. The Labute approximate surface area is 110 Å². The van der Waals surface area contributed by atoms with Crippen molar-refractivity contribution in [3.05, 3.63) is 59.7 Å². The fraction of sp³-hybridized carbons (Fsp3) is 0.133. The van der Waals surface area contributed by atoms with E-state index in [4.69, 9.17) is 0 Å². The molecule has 0 fully saturated rings. The Morgan fingerprint density at radius 3 is 2.35 bits per heavy atom. The van der Waals surface area contributed by atoms with Crippen LogP contribution in [0.3, 0.4) is 0 Å². The van der Waals surface area contributed by atoms with Crippen LogP contribution in [0, 0.1) is 11.3 Å². The molecule has 0 spiro atoms. The van der Waals surface area contributed by atoms with Crippen LogP contribution in [0.1, 0.15) is 22.9 Å². The molecule has 0 aliphatic heterocycles. The lowest BCUT2D eigenvalue weighted by molar-refractivity contribution is 1.11. The first-order valence-corrected chi connectivity index (χ1v) is 6.38. The Balaban J connectivity index is 2.64. The molecule has 0 aliphatic carbocycles. The predicted molar refractivity (Wildman–Crippen MR) is 73.9 cm³/mol. The van der Waals surface area contributed by atoms with E-state index >= 15 is 0 Å². The number of nitriles is 1. The highest BCUT2D eigenvalue weighted by Crippen LogP contribution is 2.31. The van der Waals surface area contributed by atoms with Crippen molar-refractivity contribution in [1.29, 1.82) is 5.26 Å². The Bertz CT molecular complexity index is 553. The van der Waals surface area contributed by atoms with Crippen molar-refractivity contribution in [2.75, 3.05) is 0 Å². The largest absolute Gasteiger partial charge is 0.192 e. The summed E-state index contributed by atoms with van der Waals surface area (Å²) in [6, 6.07) is 18.3. The number of hydrogen-bond donors (Lipinski definition) is 0. The van der Waals surface area contributed by atoms with Gasteiger partial charge < -0.3 is 0 Å². The standard InChI is InChI=1S/C15H12BrN/c1-11(16)13-8-5-9-14(15(13)10-17)12-6-3-2-4-7-12/h2-9,11H,1H3. The number of rotatable bonds is 2. The van der Waals surface area contributed by atoms with Gasteiger partial charge in [0.25, 0.3) is 0 Å². The summed E-state index contributed by atoms with van der Waals surface area (Å²) in [5.41, 5.74) is 3.87. The van der Waals surface area contributed by atoms with E-state index in [-0.39, 0.29) is 4.83 Å². The molecule has 0 saturated heterocycles. The van der Waals surface area contributed by atoms with Gasteiger partial charge in [0.05, 0.1) is 5.56 Å². The molecule has 84 valence electrons. The molecule has 1 atom stereocenters. The van der Waals surface area contributed by atoms with Crippen LogP contribution in [0.15, 0.2) is 48.5 Å². The van der Waals surface area contributed by atoms with Crippen LogP contribution in [0.5, 0.6) is 0 Å². The summed E-state index contributed by atoms with van der Waals surface area (Å²) in [6.45, 7) is 2.03. The number of alkyl halides is 1. The van der Waals surface area contributed by atoms with Crippen LogP contribution < -0.4 is 0 Å². The van der Waals surface area contributed by atoms with Gasteiger partial charge >= 0.3 is 0 Å².